The Morgan fingerprint density at radius 1 is 1.25 bits per heavy atom. The first-order chi connectivity index (χ1) is 7.72. The van der Waals surface area contributed by atoms with Gasteiger partial charge >= 0.3 is 0 Å². The highest BCUT2D eigenvalue weighted by molar-refractivity contribution is 5.35. The van der Waals surface area contributed by atoms with E-state index in [0.717, 1.165) is 12.5 Å². The maximum absolute atomic E-state index is 3.71. The molecule has 1 N–H and O–H groups in total. The first-order valence-corrected chi connectivity index (χ1v) is 6.54. The van der Waals surface area contributed by atoms with Gasteiger partial charge in [-0.25, -0.2) is 0 Å². The van der Waals surface area contributed by atoms with Gasteiger partial charge in [0, 0.05) is 12.6 Å². The van der Waals surface area contributed by atoms with E-state index < -0.39 is 0 Å². The van der Waals surface area contributed by atoms with Crippen molar-refractivity contribution in [2.45, 2.75) is 45.6 Å². The van der Waals surface area contributed by atoms with Crippen molar-refractivity contribution in [3.05, 3.63) is 35.4 Å². The van der Waals surface area contributed by atoms with Crippen molar-refractivity contribution >= 4 is 0 Å². The molecular weight excluding hydrogens is 194 g/mol. The SMILES string of the molecule is CCC1CNC(CC(C)C)c2ccccc21. The molecule has 0 radical (unpaired) electrons. The Balaban J connectivity index is 2.27. The molecule has 0 saturated heterocycles. The summed E-state index contributed by atoms with van der Waals surface area (Å²) in [5.41, 5.74) is 3.11. The van der Waals surface area contributed by atoms with Crippen LogP contribution in [0.3, 0.4) is 0 Å². The fourth-order valence-corrected chi connectivity index (χ4v) is 2.75. The Labute approximate surface area is 99.3 Å². The molecule has 16 heavy (non-hydrogen) atoms. The Morgan fingerprint density at radius 2 is 1.94 bits per heavy atom. The molecule has 0 amide bonds. The van der Waals surface area contributed by atoms with Crippen LogP contribution in [0.4, 0.5) is 0 Å². The van der Waals surface area contributed by atoms with Crippen LogP contribution in [0.2, 0.25) is 0 Å². The van der Waals surface area contributed by atoms with Gasteiger partial charge in [0.25, 0.3) is 0 Å². The lowest BCUT2D eigenvalue weighted by Gasteiger charge is -2.33. The van der Waals surface area contributed by atoms with Gasteiger partial charge in [0.15, 0.2) is 0 Å². The van der Waals surface area contributed by atoms with Crippen LogP contribution in [0.15, 0.2) is 24.3 Å². The summed E-state index contributed by atoms with van der Waals surface area (Å²) in [6.07, 6.45) is 2.48. The maximum atomic E-state index is 3.71. The third kappa shape index (κ3) is 2.30. The van der Waals surface area contributed by atoms with E-state index in [2.05, 4.69) is 50.4 Å². The molecule has 2 unspecified atom stereocenters. The van der Waals surface area contributed by atoms with E-state index >= 15 is 0 Å². The lowest BCUT2D eigenvalue weighted by Crippen LogP contribution is -2.33. The quantitative estimate of drug-likeness (QED) is 0.810. The summed E-state index contributed by atoms with van der Waals surface area (Å²) in [7, 11) is 0. The van der Waals surface area contributed by atoms with Gasteiger partial charge in [-0.1, -0.05) is 45.0 Å². The normalized spacial score (nSPS) is 24.5. The van der Waals surface area contributed by atoms with E-state index in [1.165, 1.54) is 18.4 Å². The van der Waals surface area contributed by atoms with Crippen LogP contribution in [0, 0.1) is 5.92 Å². The van der Waals surface area contributed by atoms with Crippen molar-refractivity contribution in [2.24, 2.45) is 5.92 Å². The average Bonchev–Trinajstić information content (AvgIpc) is 2.29. The predicted molar refractivity (Wildman–Crippen MR) is 69.7 cm³/mol. The number of rotatable bonds is 3. The minimum atomic E-state index is 0.569. The predicted octanol–water partition coefficient (Wildman–Crippen LogP) is 3.87. The molecule has 1 aliphatic heterocycles. The van der Waals surface area contributed by atoms with Crippen molar-refractivity contribution in [3.8, 4) is 0 Å². The number of fused-ring (bicyclic) bond motifs is 1. The summed E-state index contributed by atoms with van der Waals surface area (Å²) < 4.78 is 0. The molecule has 0 aliphatic carbocycles. The largest absolute Gasteiger partial charge is 0.309 e. The average molecular weight is 217 g/mol. The lowest BCUT2D eigenvalue weighted by molar-refractivity contribution is 0.386. The monoisotopic (exact) mass is 217 g/mol. The molecule has 1 heteroatoms. The van der Waals surface area contributed by atoms with E-state index in [1.54, 1.807) is 5.56 Å². The van der Waals surface area contributed by atoms with E-state index in [-0.39, 0.29) is 0 Å². The second-order valence-electron chi connectivity index (χ2n) is 5.32. The van der Waals surface area contributed by atoms with Gasteiger partial charge < -0.3 is 5.32 Å². The summed E-state index contributed by atoms with van der Waals surface area (Å²) >= 11 is 0. The standard InChI is InChI=1S/C15H23N/c1-4-12-10-16-15(9-11(2)3)14-8-6-5-7-13(12)14/h5-8,11-12,15-16H,4,9-10H2,1-3H3. The van der Waals surface area contributed by atoms with Crippen LogP contribution in [0.5, 0.6) is 0 Å². The van der Waals surface area contributed by atoms with E-state index in [1.807, 2.05) is 0 Å². The third-order valence-electron chi connectivity index (χ3n) is 3.62. The van der Waals surface area contributed by atoms with Gasteiger partial charge in [-0.3, -0.25) is 0 Å². The maximum Gasteiger partial charge on any atom is 0.0325 e. The molecule has 2 rings (SSSR count). The number of hydrogen-bond donors (Lipinski definition) is 1. The lowest BCUT2D eigenvalue weighted by atomic mass is 9.83. The summed E-state index contributed by atoms with van der Waals surface area (Å²) in [6, 6.07) is 9.54. The number of hydrogen-bond acceptors (Lipinski definition) is 1. The molecule has 0 fully saturated rings. The first kappa shape index (κ1) is 11.7. The smallest absolute Gasteiger partial charge is 0.0325 e. The molecule has 1 aromatic carbocycles. The molecule has 1 aromatic rings. The van der Waals surface area contributed by atoms with Crippen LogP contribution < -0.4 is 5.32 Å². The highest BCUT2D eigenvalue weighted by Gasteiger charge is 2.25. The molecule has 0 saturated carbocycles. The minimum absolute atomic E-state index is 0.569. The van der Waals surface area contributed by atoms with Gasteiger partial charge in [-0.05, 0) is 35.8 Å². The molecule has 2 atom stereocenters. The summed E-state index contributed by atoms with van der Waals surface area (Å²) in [5, 5.41) is 3.71. The topological polar surface area (TPSA) is 12.0 Å². The molecule has 1 nitrogen and oxygen atoms in total. The highest BCUT2D eigenvalue weighted by Crippen LogP contribution is 2.34. The molecular formula is C15H23N. The van der Waals surface area contributed by atoms with Gasteiger partial charge in [0.05, 0.1) is 0 Å². The Morgan fingerprint density at radius 3 is 2.56 bits per heavy atom. The zero-order chi connectivity index (χ0) is 11.5. The van der Waals surface area contributed by atoms with E-state index in [0.29, 0.717) is 12.0 Å². The van der Waals surface area contributed by atoms with Crippen molar-refractivity contribution in [1.29, 1.82) is 0 Å². The number of nitrogens with one attached hydrogen (secondary N) is 1. The van der Waals surface area contributed by atoms with Gasteiger partial charge in [0.2, 0.25) is 0 Å². The molecule has 1 aliphatic rings. The van der Waals surface area contributed by atoms with Gasteiger partial charge in [-0.2, -0.15) is 0 Å². The Bertz CT molecular complexity index is 343. The van der Waals surface area contributed by atoms with E-state index in [4.69, 9.17) is 0 Å². The second-order valence-corrected chi connectivity index (χ2v) is 5.32. The summed E-state index contributed by atoms with van der Waals surface area (Å²) in [4.78, 5) is 0. The fraction of sp³-hybridized carbons (Fsp3) is 0.600. The zero-order valence-corrected chi connectivity index (χ0v) is 10.7. The molecule has 0 bridgehead atoms. The first-order valence-electron chi connectivity index (χ1n) is 6.54. The Kier molecular flexibility index (Phi) is 3.65. The van der Waals surface area contributed by atoms with Gasteiger partial charge in [-0.15, -0.1) is 0 Å². The van der Waals surface area contributed by atoms with Crippen LogP contribution in [-0.2, 0) is 0 Å². The summed E-state index contributed by atoms with van der Waals surface area (Å²) in [6.45, 7) is 8.03. The minimum Gasteiger partial charge on any atom is -0.309 e. The molecule has 0 spiro atoms. The van der Waals surface area contributed by atoms with Gasteiger partial charge in [0.1, 0.15) is 0 Å². The van der Waals surface area contributed by atoms with Crippen LogP contribution >= 0.6 is 0 Å². The molecule has 88 valence electrons. The fourth-order valence-electron chi connectivity index (χ4n) is 2.75. The second kappa shape index (κ2) is 5.01. The summed E-state index contributed by atoms with van der Waals surface area (Å²) in [5.74, 6) is 1.46. The Hall–Kier alpha value is -0.820. The number of benzene rings is 1. The van der Waals surface area contributed by atoms with Crippen LogP contribution in [0.25, 0.3) is 0 Å². The highest BCUT2D eigenvalue weighted by atomic mass is 14.9. The van der Waals surface area contributed by atoms with E-state index in [9.17, 15) is 0 Å². The molecule has 1 heterocycles. The molecule has 0 aromatic heterocycles. The van der Waals surface area contributed by atoms with Crippen molar-refractivity contribution in [2.75, 3.05) is 6.54 Å². The van der Waals surface area contributed by atoms with Crippen molar-refractivity contribution in [1.82, 2.24) is 5.32 Å². The van der Waals surface area contributed by atoms with Crippen molar-refractivity contribution in [3.63, 3.8) is 0 Å². The third-order valence-corrected chi connectivity index (χ3v) is 3.62. The van der Waals surface area contributed by atoms with Crippen LogP contribution in [-0.4, -0.2) is 6.54 Å². The zero-order valence-electron chi connectivity index (χ0n) is 10.7. The van der Waals surface area contributed by atoms with Crippen LogP contribution in [0.1, 0.15) is 56.7 Å². The van der Waals surface area contributed by atoms with Crippen molar-refractivity contribution < 1.29 is 0 Å².